The van der Waals surface area contributed by atoms with E-state index in [4.69, 9.17) is 0 Å². The first kappa shape index (κ1) is 18.7. The van der Waals surface area contributed by atoms with E-state index in [1.807, 2.05) is 43.1 Å². The van der Waals surface area contributed by atoms with Crippen molar-refractivity contribution in [1.29, 1.82) is 0 Å². The molecule has 2 aliphatic heterocycles. The smallest absolute Gasteiger partial charge is 0.275 e. The molecule has 3 aliphatic rings. The fourth-order valence-corrected chi connectivity index (χ4v) is 4.67. The van der Waals surface area contributed by atoms with E-state index in [-0.39, 0.29) is 18.0 Å². The Morgan fingerprint density at radius 3 is 2.67 bits per heavy atom. The summed E-state index contributed by atoms with van der Waals surface area (Å²) < 4.78 is 0. The maximum atomic E-state index is 13.7. The molecule has 30 heavy (non-hydrogen) atoms. The number of nitrogens with zero attached hydrogens (tertiary/aromatic N) is 6. The molecule has 1 unspecified atom stereocenters. The van der Waals surface area contributed by atoms with Crippen molar-refractivity contribution in [2.75, 3.05) is 11.9 Å². The van der Waals surface area contributed by atoms with Crippen molar-refractivity contribution in [3.63, 3.8) is 0 Å². The lowest BCUT2D eigenvalue weighted by Crippen LogP contribution is -2.60. The summed E-state index contributed by atoms with van der Waals surface area (Å²) in [7, 11) is 0. The number of amides is 1. The zero-order chi connectivity index (χ0) is 20.7. The van der Waals surface area contributed by atoms with Gasteiger partial charge in [-0.1, -0.05) is 6.07 Å². The molecule has 154 valence electrons. The van der Waals surface area contributed by atoms with Crippen LogP contribution >= 0.6 is 0 Å². The van der Waals surface area contributed by atoms with Gasteiger partial charge in [0.25, 0.3) is 5.91 Å². The minimum atomic E-state index is -0.0518. The third-order valence-electron chi connectivity index (χ3n) is 6.13. The van der Waals surface area contributed by atoms with Gasteiger partial charge in [-0.25, -0.2) is 9.97 Å². The van der Waals surface area contributed by atoms with E-state index in [2.05, 4.69) is 31.5 Å². The van der Waals surface area contributed by atoms with Crippen LogP contribution in [0.3, 0.4) is 0 Å². The van der Waals surface area contributed by atoms with E-state index in [0.29, 0.717) is 17.3 Å². The summed E-state index contributed by atoms with van der Waals surface area (Å²) in [5, 5.41) is 12.0. The summed E-state index contributed by atoms with van der Waals surface area (Å²) in [6.07, 6.45) is 8.27. The van der Waals surface area contributed by atoms with Gasteiger partial charge in [-0.2, -0.15) is 10.2 Å². The first-order valence-electron chi connectivity index (χ1n) is 10.4. The van der Waals surface area contributed by atoms with Crippen molar-refractivity contribution in [2.45, 2.75) is 45.2 Å². The number of aryl methyl sites for hydroxylation is 2. The van der Waals surface area contributed by atoms with Gasteiger partial charge in [0.05, 0.1) is 18.4 Å². The van der Waals surface area contributed by atoms with Crippen molar-refractivity contribution in [3.8, 4) is 5.69 Å². The van der Waals surface area contributed by atoms with Crippen LogP contribution in [0.2, 0.25) is 0 Å². The van der Waals surface area contributed by atoms with Gasteiger partial charge in [0.15, 0.2) is 5.69 Å². The minimum Gasteiger partial charge on any atom is -0.365 e. The number of piperidine rings is 2. The number of pyridine rings is 2. The molecule has 5 heterocycles. The Balaban J connectivity index is 1.44. The van der Waals surface area contributed by atoms with Crippen molar-refractivity contribution in [2.24, 2.45) is 5.92 Å². The van der Waals surface area contributed by atoms with Gasteiger partial charge in [-0.3, -0.25) is 4.79 Å². The summed E-state index contributed by atoms with van der Waals surface area (Å²) in [4.78, 5) is 26.2. The van der Waals surface area contributed by atoms with Crippen LogP contribution in [-0.4, -0.2) is 54.4 Å². The monoisotopic (exact) mass is 403 g/mol. The predicted molar refractivity (Wildman–Crippen MR) is 112 cm³/mol. The zero-order valence-corrected chi connectivity index (χ0v) is 17.2. The number of nitrogens with one attached hydrogen (secondary N) is 1. The average Bonchev–Trinajstić information content (AvgIpc) is 3.30. The Morgan fingerprint density at radius 1 is 1.10 bits per heavy atom. The number of hydrogen-bond acceptors (Lipinski definition) is 6. The van der Waals surface area contributed by atoms with E-state index in [1.165, 1.54) is 4.80 Å². The highest BCUT2D eigenvalue weighted by Gasteiger charge is 2.44. The highest BCUT2D eigenvalue weighted by atomic mass is 16.2. The molecule has 8 nitrogen and oxygen atoms in total. The molecule has 3 aromatic heterocycles. The molecule has 2 saturated heterocycles. The van der Waals surface area contributed by atoms with Crippen molar-refractivity contribution >= 4 is 11.7 Å². The summed E-state index contributed by atoms with van der Waals surface area (Å²) in [5.41, 5.74) is 2.95. The quantitative estimate of drug-likeness (QED) is 0.721. The van der Waals surface area contributed by atoms with E-state index in [0.717, 1.165) is 42.9 Å². The molecule has 0 radical (unpaired) electrons. The van der Waals surface area contributed by atoms with Crippen molar-refractivity contribution < 1.29 is 4.79 Å². The SMILES string of the molecule is Cc1ccc(N[C@@H]2CC3CC[C@@H]2N(C(=O)c2nc(C)ccc2-n2nccn2)C3)nc1. The summed E-state index contributed by atoms with van der Waals surface area (Å²) >= 11 is 0. The lowest BCUT2D eigenvalue weighted by molar-refractivity contribution is 0.0276. The lowest BCUT2D eigenvalue weighted by atomic mass is 9.76. The van der Waals surface area contributed by atoms with E-state index >= 15 is 0 Å². The number of fused-ring (bicyclic) bond motifs is 3. The molecule has 1 saturated carbocycles. The van der Waals surface area contributed by atoms with Crippen LogP contribution in [0.1, 0.15) is 41.0 Å². The van der Waals surface area contributed by atoms with Crippen molar-refractivity contribution in [3.05, 3.63) is 59.8 Å². The first-order valence-corrected chi connectivity index (χ1v) is 10.4. The second-order valence-corrected chi connectivity index (χ2v) is 8.31. The van der Waals surface area contributed by atoms with Gasteiger partial charge >= 0.3 is 0 Å². The van der Waals surface area contributed by atoms with Crippen molar-refractivity contribution in [1.82, 2.24) is 29.9 Å². The maximum Gasteiger partial charge on any atom is 0.275 e. The highest BCUT2D eigenvalue weighted by molar-refractivity contribution is 5.96. The molecule has 1 aliphatic carbocycles. The fraction of sp³-hybridized carbons (Fsp3) is 0.409. The third kappa shape index (κ3) is 3.42. The van der Waals surface area contributed by atoms with Crippen LogP contribution in [0.5, 0.6) is 0 Å². The number of anilines is 1. The van der Waals surface area contributed by atoms with Crippen LogP contribution in [0.15, 0.2) is 42.9 Å². The number of carbonyl (C=O) groups excluding carboxylic acids is 1. The normalized spacial score (nSPS) is 22.9. The number of rotatable bonds is 4. The second kappa shape index (κ2) is 7.51. The Labute approximate surface area is 175 Å². The Hall–Kier alpha value is -3.29. The molecule has 6 rings (SSSR count). The van der Waals surface area contributed by atoms with Gasteiger partial charge < -0.3 is 10.2 Å². The number of carbonyl (C=O) groups is 1. The standard InChI is InChI=1S/C22H25N7O/c1-14-3-8-20(23-12-14)27-17-11-16-5-7-18(17)28(13-16)22(30)21-19(6-4-15(2)26-21)29-24-9-10-25-29/h3-4,6,8-10,12,16-18H,5,7,11,13H2,1-2H3,(H,23,27)/t16?,17-,18+/m1/s1. The maximum absolute atomic E-state index is 13.7. The van der Waals surface area contributed by atoms with E-state index in [9.17, 15) is 4.79 Å². The molecule has 1 N–H and O–H groups in total. The fourth-order valence-electron chi connectivity index (χ4n) is 4.67. The molecule has 8 heteroatoms. The van der Waals surface area contributed by atoms with Gasteiger partial charge in [0.1, 0.15) is 11.5 Å². The van der Waals surface area contributed by atoms with E-state index < -0.39 is 0 Å². The van der Waals surface area contributed by atoms with Crippen LogP contribution in [0, 0.1) is 19.8 Å². The molecular formula is C22H25N7O. The van der Waals surface area contributed by atoms with Crippen LogP contribution < -0.4 is 5.32 Å². The highest BCUT2D eigenvalue weighted by Crippen LogP contribution is 2.37. The molecule has 3 atom stereocenters. The summed E-state index contributed by atoms with van der Waals surface area (Å²) in [6, 6.07) is 8.11. The molecule has 0 spiro atoms. The Morgan fingerprint density at radius 2 is 1.93 bits per heavy atom. The molecule has 3 fully saturated rings. The van der Waals surface area contributed by atoms with Gasteiger partial charge in [-0.05, 0) is 62.8 Å². The van der Waals surface area contributed by atoms with Gasteiger partial charge in [0.2, 0.25) is 0 Å². The molecule has 3 aromatic rings. The Bertz CT molecular complexity index is 1050. The second-order valence-electron chi connectivity index (χ2n) is 8.31. The Kier molecular flexibility index (Phi) is 4.69. The van der Waals surface area contributed by atoms with Crippen LogP contribution in [-0.2, 0) is 0 Å². The molecule has 2 bridgehead atoms. The minimum absolute atomic E-state index is 0.0518. The zero-order valence-electron chi connectivity index (χ0n) is 17.2. The van der Waals surface area contributed by atoms with Crippen LogP contribution in [0.4, 0.5) is 5.82 Å². The number of aromatic nitrogens is 5. The number of hydrogen-bond donors (Lipinski definition) is 1. The van der Waals surface area contributed by atoms with E-state index in [1.54, 1.807) is 12.4 Å². The first-order chi connectivity index (χ1) is 14.6. The summed E-state index contributed by atoms with van der Waals surface area (Å²) in [6.45, 7) is 4.69. The lowest BCUT2D eigenvalue weighted by Gasteiger charge is -2.50. The topological polar surface area (TPSA) is 88.8 Å². The molecule has 1 amide bonds. The van der Waals surface area contributed by atoms with Gasteiger partial charge in [0, 0.05) is 24.5 Å². The predicted octanol–water partition coefficient (Wildman–Crippen LogP) is 2.78. The molecule has 0 aromatic carbocycles. The average molecular weight is 403 g/mol. The van der Waals surface area contributed by atoms with Crippen LogP contribution in [0.25, 0.3) is 5.69 Å². The van der Waals surface area contributed by atoms with Gasteiger partial charge in [-0.15, -0.1) is 4.80 Å². The molecular weight excluding hydrogens is 378 g/mol. The summed E-state index contributed by atoms with van der Waals surface area (Å²) in [5.74, 6) is 1.29. The largest absolute Gasteiger partial charge is 0.365 e. The third-order valence-corrected chi connectivity index (χ3v) is 6.13.